The molecule has 0 spiro atoms. The van der Waals surface area contributed by atoms with Crippen molar-refractivity contribution in [2.24, 2.45) is 0 Å². The number of nitriles is 1. The first-order chi connectivity index (χ1) is 14.0. The average molecular weight is 453 g/mol. The number of aromatic nitrogens is 1. The Morgan fingerprint density at radius 3 is 2.76 bits per heavy atom. The van der Waals surface area contributed by atoms with Crippen LogP contribution in [0.4, 0.5) is 4.39 Å². The first-order valence-corrected chi connectivity index (χ1v) is 9.64. The Bertz CT molecular complexity index is 1140. The molecule has 3 aromatic rings. The van der Waals surface area contributed by atoms with Gasteiger partial charge in [-0.2, -0.15) is 5.26 Å². The zero-order chi connectivity index (χ0) is 20.4. The minimum atomic E-state index is -0.672. The van der Waals surface area contributed by atoms with Crippen molar-refractivity contribution in [2.75, 3.05) is 6.61 Å². The maximum Gasteiger partial charge on any atom is 0.219 e. The van der Waals surface area contributed by atoms with Crippen molar-refractivity contribution >= 4 is 21.7 Å². The number of hydrogen-bond donors (Lipinski definition) is 0. The number of carbonyl (C=O) groups is 1. The van der Waals surface area contributed by atoms with Gasteiger partial charge >= 0.3 is 0 Å². The fraction of sp³-hybridized carbons (Fsp3) is 0.136. The molecule has 29 heavy (non-hydrogen) atoms. The van der Waals surface area contributed by atoms with Gasteiger partial charge in [0.25, 0.3) is 0 Å². The molecule has 0 amide bonds. The van der Waals surface area contributed by atoms with Crippen molar-refractivity contribution in [1.29, 1.82) is 5.26 Å². The fourth-order valence-electron chi connectivity index (χ4n) is 3.06. The highest BCUT2D eigenvalue weighted by atomic mass is 79.9. The quantitative estimate of drug-likeness (QED) is 0.543. The second kappa shape index (κ2) is 8.02. The summed E-state index contributed by atoms with van der Waals surface area (Å²) in [5.74, 6) is -0.417. The molecule has 7 heteroatoms. The normalized spacial score (nSPS) is 12.7. The molecule has 0 N–H and O–H groups in total. The summed E-state index contributed by atoms with van der Waals surface area (Å²) in [7, 11) is 0. The van der Waals surface area contributed by atoms with Gasteiger partial charge in [0.05, 0.1) is 23.8 Å². The van der Waals surface area contributed by atoms with Gasteiger partial charge in [-0.3, -0.25) is 4.79 Å². The topological polar surface area (TPSA) is 72.2 Å². The number of Topliss-reactive ketones (excluding diaryl/α,β-unsaturated/α-hetero) is 1. The highest BCUT2D eigenvalue weighted by Crippen LogP contribution is 2.43. The van der Waals surface area contributed by atoms with Crippen molar-refractivity contribution in [2.45, 2.75) is 12.8 Å². The highest BCUT2D eigenvalue weighted by Gasteiger charge is 2.27. The predicted octanol–water partition coefficient (Wildman–Crippen LogP) is 5.20. The van der Waals surface area contributed by atoms with E-state index in [2.05, 4.69) is 27.0 Å². The summed E-state index contributed by atoms with van der Waals surface area (Å²) in [4.78, 5) is 16.1. The number of pyridine rings is 1. The Morgan fingerprint density at radius 2 is 2.00 bits per heavy atom. The molecule has 0 radical (unpaired) electrons. The second-order valence-corrected chi connectivity index (χ2v) is 7.28. The lowest BCUT2D eigenvalue weighted by molar-refractivity contribution is 0.0931. The van der Waals surface area contributed by atoms with Crippen LogP contribution in [-0.2, 0) is 6.42 Å². The summed E-state index contributed by atoms with van der Waals surface area (Å²) in [6, 6.07) is 14.1. The molecule has 0 aliphatic carbocycles. The molecule has 0 saturated heterocycles. The van der Waals surface area contributed by atoms with Crippen LogP contribution >= 0.6 is 15.9 Å². The van der Waals surface area contributed by atoms with E-state index in [-0.39, 0.29) is 46.2 Å². The maximum absolute atomic E-state index is 14.6. The van der Waals surface area contributed by atoms with Crippen LogP contribution in [0.15, 0.2) is 53.1 Å². The fourth-order valence-corrected chi connectivity index (χ4v) is 3.66. The third kappa shape index (κ3) is 3.98. The van der Waals surface area contributed by atoms with Gasteiger partial charge in [-0.05, 0) is 57.7 Å². The Morgan fingerprint density at radius 1 is 1.21 bits per heavy atom. The molecular formula is C22H14BrFN2O3. The molecular weight excluding hydrogens is 439 g/mol. The van der Waals surface area contributed by atoms with E-state index in [1.807, 2.05) is 18.2 Å². The molecule has 2 aromatic carbocycles. The number of halogens is 2. The van der Waals surface area contributed by atoms with Crippen LogP contribution in [0.1, 0.15) is 33.5 Å². The summed E-state index contributed by atoms with van der Waals surface area (Å²) in [6.07, 6.45) is 2.41. The number of hydrogen-bond acceptors (Lipinski definition) is 5. The largest absolute Gasteiger partial charge is 0.491 e. The summed E-state index contributed by atoms with van der Waals surface area (Å²) in [6.45, 7) is 0.244. The molecule has 0 saturated carbocycles. The van der Waals surface area contributed by atoms with Crippen LogP contribution in [-0.4, -0.2) is 17.4 Å². The molecule has 4 rings (SSSR count). The third-order valence-corrected chi connectivity index (χ3v) is 5.22. The Balaban J connectivity index is 1.60. The lowest BCUT2D eigenvalue weighted by Gasteiger charge is -2.20. The van der Waals surface area contributed by atoms with E-state index >= 15 is 0 Å². The molecule has 1 aromatic heterocycles. The van der Waals surface area contributed by atoms with E-state index in [0.717, 1.165) is 17.2 Å². The first-order valence-electron chi connectivity index (χ1n) is 8.85. The summed E-state index contributed by atoms with van der Waals surface area (Å²) < 4.78 is 26.1. The van der Waals surface area contributed by atoms with Crippen LogP contribution in [0.5, 0.6) is 17.4 Å². The maximum atomic E-state index is 14.6. The summed E-state index contributed by atoms with van der Waals surface area (Å²) in [5.41, 5.74) is 2.74. The first kappa shape index (κ1) is 19.1. The Kier molecular flexibility index (Phi) is 5.28. The van der Waals surface area contributed by atoms with Gasteiger partial charge in [0.15, 0.2) is 17.3 Å². The summed E-state index contributed by atoms with van der Waals surface area (Å²) >= 11 is 3.29. The number of ether oxygens (including phenoxy) is 2. The molecule has 0 atom stereocenters. The monoisotopic (exact) mass is 452 g/mol. The van der Waals surface area contributed by atoms with Crippen LogP contribution in [0.2, 0.25) is 0 Å². The van der Waals surface area contributed by atoms with Crippen molar-refractivity contribution in [3.63, 3.8) is 0 Å². The SMILES string of the molecule is N#Cc1ccc(Cc2ccnc(Oc3c(F)cc4c(c3Br)OCCC4=O)c2)cc1. The van der Waals surface area contributed by atoms with Crippen molar-refractivity contribution in [3.05, 3.63) is 81.2 Å². The average Bonchev–Trinajstić information content (AvgIpc) is 2.73. The molecule has 5 nitrogen and oxygen atoms in total. The van der Waals surface area contributed by atoms with Gasteiger partial charge in [0.2, 0.25) is 5.88 Å². The van der Waals surface area contributed by atoms with Crippen molar-refractivity contribution in [3.8, 4) is 23.4 Å². The number of carbonyl (C=O) groups excluding carboxylic acids is 1. The van der Waals surface area contributed by atoms with E-state index < -0.39 is 5.82 Å². The van der Waals surface area contributed by atoms with Crippen LogP contribution in [0, 0.1) is 17.1 Å². The predicted molar refractivity (Wildman–Crippen MR) is 107 cm³/mol. The Labute approximate surface area is 174 Å². The van der Waals surface area contributed by atoms with Crippen LogP contribution in [0.3, 0.4) is 0 Å². The van der Waals surface area contributed by atoms with Gasteiger partial charge in [-0.15, -0.1) is 0 Å². The number of fused-ring (bicyclic) bond motifs is 1. The second-order valence-electron chi connectivity index (χ2n) is 6.49. The molecule has 0 fully saturated rings. The molecule has 2 heterocycles. The smallest absolute Gasteiger partial charge is 0.219 e. The van der Waals surface area contributed by atoms with Gasteiger partial charge < -0.3 is 9.47 Å². The van der Waals surface area contributed by atoms with E-state index in [4.69, 9.17) is 14.7 Å². The molecule has 1 aliphatic heterocycles. The molecule has 0 bridgehead atoms. The number of rotatable bonds is 4. The zero-order valence-corrected chi connectivity index (χ0v) is 16.7. The highest BCUT2D eigenvalue weighted by molar-refractivity contribution is 9.10. The molecule has 1 aliphatic rings. The number of benzene rings is 2. The van der Waals surface area contributed by atoms with Crippen LogP contribution in [0.25, 0.3) is 0 Å². The zero-order valence-electron chi connectivity index (χ0n) is 15.1. The van der Waals surface area contributed by atoms with Gasteiger partial charge in [-0.1, -0.05) is 12.1 Å². The van der Waals surface area contributed by atoms with E-state index in [0.29, 0.717) is 12.0 Å². The molecule has 144 valence electrons. The minimum Gasteiger partial charge on any atom is -0.491 e. The third-order valence-electron chi connectivity index (χ3n) is 4.50. The summed E-state index contributed by atoms with van der Waals surface area (Å²) in [5, 5.41) is 8.89. The number of nitrogens with zero attached hydrogens (tertiary/aromatic N) is 2. The van der Waals surface area contributed by atoms with E-state index in [1.54, 1.807) is 24.4 Å². The minimum absolute atomic E-state index is 0.0820. The van der Waals surface area contributed by atoms with E-state index in [9.17, 15) is 9.18 Å². The Hall–Kier alpha value is -3.24. The lowest BCUT2D eigenvalue weighted by Crippen LogP contribution is -2.16. The van der Waals surface area contributed by atoms with Gasteiger partial charge in [0.1, 0.15) is 10.2 Å². The molecule has 0 unspecified atom stereocenters. The van der Waals surface area contributed by atoms with Crippen molar-refractivity contribution in [1.82, 2.24) is 4.98 Å². The van der Waals surface area contributed by atoms with Gasteiger partial charge in [-0.25, -0.2) is 9.37 Å². The van der Waals surface area contributed by atoms with Gasteiger partial charge in [0, 0.05) is 18.7 Å². The van der Waals surface area contributed by atoms with Crippen LogP contribution < -0.4 is 9.47 Å². The van der Waals surface area contributed by atoms with E-state index in [1.165, 1.54) is 0 Å². The number of ketones is 1. The standard InChI is InChI=1S/C22H14BrFN2O3/c23-20-21-16(18(27)6-8-28-21)11-17(24)22(20)29-19-10-15(5-7-26-19)9-13-1-3-14(12-25)4-2-13/h1-5,7,10-11H,6,8-9H2. The van der Waals surface area contributed by atoms with Crippen molar-refractivity contribution < 1.29 is 18.7 Å². The lowest BCUT2D eigenvalue weighted by atomic mass is 10.0.